The van der Waals surface area contributed by atoms with Crippen molar-refractivity contribution in [3.63, 3.8) is 0 Å². The molecule has 9 nitrogen and oxygen atoms in total. The Morgan fingerprint density at radius 3 is 2.45 bits per heavy atom. The molecule has 31 heavy (non-hydrogen) atoms. The Morgan fingerprint density at radius 2 is 1.71 bits per heavy atom. The first-order valence-corrected chi connectivity index (χ1v) is 9.45. The third-order valence-electron chi connectivity index (χ3n) is 4.38. The van der Waals surface area contributed by atoms with E-state index in [-0.39, 0.29) is 30.8 Å². The van der Waals surface area contributed by atoms with Crippen LogP contribution >= 0.6 is 0 Å². The van der Waals surface area contributed by atoms with Gasteiger partial charge in [0.25, 0.3) is 17.7 Å². The van der Waals surface area contributed by atoms with Gasteiger partial charge >= 0.3 is 5.97 Å². The smallest absolute Gasteiger partial charge is 0.325 e. The van der Waals surface area contributed by atoms with Gasteiger partial charge in [-0.1, -0.05) is 53.7 Å². The molecule has 0 saturated heterocycles. The predicted octanol–water partition coefficient (Wildman–Crippen LogP) is 3.17. The molecule has 0 aliphatic heterocycles. The number of carbonyl (C=O) groups excluding carboxylic acids is 2. The summed E-state index contributed by atoms with van der Waals surface area (Å²) in [5.41, 5.74) is 2.45. The maximum Gasteiger partial charge on any atom is 0.325 e. The number of ether oxygens (including phenoxy) is 1. The van der Waals surface area contributed by atoms with Gasteiger partial charge < -0.3 is 19.0 Å². The Morgan fingerprint density at radius 1 is 1.00 bits per heavy atom. The van der Waals surface area contributed by atoms with Gasteiger partial charge in [-0.05, 0) is 19.1 Å². The minimum Gasteiger partial charge on any atom is -0.454 e. The molecule has 2 heterocycles. The molecule has 0 unspecified atom stereocenters. The summed E-state index contributed by atoms with van der Waals surface area (Å²) in [6.45, 7) is 1.24. The quantitative estimate of drug-likeness (QED) is 0.454. The lowest BCUT2D eigenvalue weighted by atomic mass is 10.1. The molecule has 0 saturated carbocycles. The molecule has 0 bridgehead atoms. The van der Waals surface area contributed by atoms with Crippen LogP contribution in [-0.4, -0.2) is 33.8 Å². The SMILES string of the molecule is Cc1onc(-c2ccccc2)c1-c1nnc(COC(=O)CNC(=O)c2ccccc2)o1. The van der Waals surface area contributed by atoms with Gasteiger partial charge in [-0.15, -0.1) is 10.2 Å². The van der Waals surface area contributed by atoms with Crippen LogP contribution in [0.4, 0.5) is 0 Å². The fraction of sp³-hybridized carbons (Fsp3) is 0.136. The van der Waals surface area contributed by atoms with Crippen LogP contribution in [0.15, 0.2) is 69.6 Å². The standard InChI is InChI=1S/C22H18N4O5/c1-14-19(20(26-31-14)15-8-4-2-5-9-15)22-25-24-17(30-22)13-29-18(27)12-23-21(28)16-10-6-3-7-11-16/h2-11H,12-13H2,1H3,(H,23,28). The molecule has 0 radical (unpaired) electrons. The minimum absolute atomic E-state index is 0.109. The van der Waals surface area contributed by atoms with Crippen LogP contribution in [0.25, 0.3) is 22.7 Å². The van der Waals surface area contributed by atoms with Crippen molar-refractivity contribution in [3.8, 4) is 22.7 Å². The van der Waals surface area contributed by atoms with Crippen molar-refractivity contribution in [1.29, 1.82) is 0 Å². The summed E-state index contributed by atoms with van der Waals surface area (Å²) in [7, 11) is 0. The average Bonchev–Trinajstić information content (AvgIpc) is 3.43. The van der Waals surface area contributed by atoms with Gasteiger partial charge in [0.2, 0.25) is 0 Å². The van der Waals surface area contributed by atoms with Crippen molar-refractivity contribution >= 4 is 11.9 Å². The molecule has 0 aliphatic carbocycles. The number of hydrogen-bond acceptors (Lipinski definition) is 8. The average molecular weight is 418 g/mol. The molecule has 2 aromatic carbocycles. The second-order valence-electron chi connectivity index (χ2n) is 6.54. The summed E-state index contributed by atoms with van der Waals surface area (Å²) in [6, 6.07) is 18.0. The van der Waals surface area contributed by atoms with Crippen LogP contribution in [0, 0.1) is 6.92 Å². The number of carbonyl (C=O) groups is 2. The third kappa shape index (κ3) is 4.67. The number of nitrogens with one attached hydrogen (secondary N) is 1. The largest absolute Gasteiger partial charge is 0.454 e. The Labute approximate surface area is 177 Å². The fourth-order valence-corrected chi connectivity index (χ4v) is 2.87. The van der Waals surface area contributed by atoms with Crippen molar-refractivity contribution in [2.24, 2.45) is 0 Å². The number of amides is 1. The van der Waals surface area contributed by atoms with Crippen molar-refractivity contribution in [1.82, 2.24) is 20.7 Å². The molecule has 0 atom stereocenters. The van der Waals surface area contributed by atoms with E-state index >= 15 is 0 Å². The summed E-state index contributed by atoms with van der Waals surface area (Å²) < 4.78 is 16.0. The van der Waals surface area contributed by atoms with Crippen LogP contribution in [0.3, 0.4) is 0 Å². The number of aryl methyl sites for hydroxylation is 1. The Kier molecular flexibility index (Phi) is 5.84. The maximum absolute atomic E-state index is 12.0. The van der Waals surface area contributed by atoms with Crippen LogP contribution in [-0.2, 0) is 16.1 Å². The second-order valence-corrected chi connectivity index (χ2v) is 6.54. The molecule has 1 N–H and O–H groups in total. The minimum atomic E-state index is -0.629. The van der Waals surface area contributed by atoms with Gasteiger partial charge in [-0.2, -0.15) is 0 Å². The summed E-state index contributed by atoms with van der Waals surface area (Å²) in [5, 5.41) is 14.5. The van der Waals surface area contributed by atoms with Gasteiger partial charge in [-0.25, -0.2) is 0 Å². The van der Waals surface area contributed by atoms with Crippen LogP contribution in [0.5, 0.6) is 0 Å². The third-order valence-corrected chi connectivity index (χ3v) is 4.38. The van der Waals surface area contributed by atoms with E-state index in [2.05, 4.69) is 20.7 Å². The van der Waals surface area contributed by atoms with Crippen LogP contribution in [0.2, 0.25) is 0 Å². The van der Waals surface area contributed by atoms with Gasteiger partial charge in [0.05, 0.1) is 0 Å². The molecule has 0 fully saturated rings. The first-order chi connectivity index (χ1) is 15.1. The van der Waals surface area contributed by atoms with E-state index < -0.39 is 5.97 Å². The molecule has 0 aliphatic rings. The zero-order valence-corrected chi connectivity index (χ0v) is 16.6. The highest BCUT2D eigenvalue weighted by molar-refractivity contribution is 5.95. The number of hydrogen-bond donors (Lipinski definition) is 1. The second kappa shape index (κ2) is 9.04. The highest BCUT2D eigenvalue weighted by atomic mass is 16.5. The molecular weight excluding hydrogens is 400 g/mol. The summed E-state index contributed by atoms with van der Waals surface area (Å²) in [4.78, 5) is 23.9. The summed E-state index contributed by atoms with van der Waals surface area (Å²) in [5.74, 6) is -0.155. The van der Waals surface area contributed by atoms with Crippen LogP contribution < -0.4 is 5.32 Å². The molecule has 4 rings (SSSR count). The van der Waals surface area contributed by atoms with Crippen molar-refractivity contribution in [3.05, 3.63) is 77.9 Å². The molecule has 1 amide bonds. The Bertz CT molecular complexity index is 1190. The normalized spacial score (nSPS) is 10.6. The Hall–Kier alpha value is -4.27. The van der Waals surface area contributed by atoms with Gasteiger partial charge in [-0.3, -0.25) is 9.59 Å². The van der Waals surface area contributed by atoms with Gasteiger partial charge in [0.15, 0.2) is 6.61 Å². The molecule has 9 heteroatoms. The van der Waals surface area contributed by atoms with Gasteiger partial charge in [0.1, 0.15) is 23.6 Å². The first-order valence-electron chi connectivity index (χ1n) is 9.45. The van der Waals surface area contributed by atoms with Gasteiger partial charge in [0, 0.05) is 11.1 Å². The van der Waals surface area contributed by atoms with Crippen LogP contribution in [0.1, 0.15) is 22.0 Å². The lowest BCUT2D eigenvalue weighted by molar-refractivity contribution is -0.144. The van der Waals surface area contributed by atoms with E-state index in [1.165, 1.54) is 0 Å². The Balaban J connectivity index is 1.37. The monoisotopic (exact) mass is 418 g/mol. The highest BCUT2D eigenvalue weighted by Crippen LogP contribution is 2.33. The summed E-state index contributed by atoms with van der Waals surface area (Å²) in [6.07, 6.45) is 0. The lowest BCUT2D eigenvalue weighted by Gasteiger charge is -2.05. The van der Waals surface area contributed by atoms with Crippen molar-refractivity contribution in [2.75, 3.05) is 6.54 Å². The lowest BCUT2D eigenvalue weighted by Crippen LogP contribution is -2.30. The van der Waals surface area contributed by atoms with E-state index in [1.54, 1.807) is 37.3 Å². The van der Waals surface area contributed by atoms with Crippen molar-refractivity contribution in [2.45, 2.75) is 13.5 Å². The van der Waals surface area contributed by atoms with E-state index in [9.17, 15) is 9.59 Å². The molecule has 0 spiro atoms. The topological polar surface area (TPSA) is 120 Å². The number of benzene rings is 2. The molecule has 2 aromatic heterocycles. The highest BCUT2D eigenvalue weighted by Gasteiger charge is 2.22. The van der Waals surface area contributed by atoms with E-state index in [4.69, 9.17) is 13.7 Å². The van der Waals surface area contributed by atoms with Crippen molar-refractivity contribution < 1.29 is 23.3 Å². The number of esters is 1. The van der Waals surface area contributed by atoms with E-state index in [1.807, 2.05) is 30.3 Å². The summed E-state index contributed by atoms with van der Waals surface area (Å²) >= 11 is 0. The van der Waals surface area contributed by atoms with E-state index in [0.29, 0.717) is 22.6 Å². The number of nitrogens with zero attached hydrogens (tertiary/aromatic N) is 3. The maximum atomic E-state index is 12.0. The molecular formula is C22H18N4O5. The first kappa shape index (κ1) is 20.0. The number of rotatable bonds is 7. The molecule has 4 aromatic rings. The molecule has 156 valence electrons. The number of aromatic nitrogens is 3. The fourth-order valence-electron chi connectivity index (χ4n) is 2.87. The zero-order chi connectivity index (χ0) is 21.6. The predicted molar refractivity (Wildman–Crippen MR) is 109 cm³/mol. The van der Waals surface area contributed by atoms with E-state index in [0.717, 1.165) is 5.56 Å². The zero-order valence-electron chi connectivity index (χ0n) is 16.6.